The first-order valence-electron chi connectivity index (χ1n) is 10.2. The third-order valence-electron chi connectivity index (χ3n) is 5.08. The molecule has 1 aliphatic rings. The van der Waals surface area contributed by atoms with Crippen molar-refractivity contribution in [1.29, 1.82) is 0 Å². The zero-order valence-corrected chi connectivity index (χ0v) is 18.1. The highest BCUT2D eigenvalue weighted by Gasteiger charge is 2.24. The lowest BCUT2D eigenvalue weighted by Crippen LogP contribution is -2.25. The minimum atomic E-state index is -0.313. The molecule has 0 aliphatic heterocycles. The highest BCUT2D eigenvalue weighted by molar-refractivity contribution is 7.10. The van der Waals surface area contributed by atoms with E-state index >= 15 is 0 Å². The largest absolute Gasteiger partial charge is 0.349 e. The number of para-hydroxylation sites is 2. The second-order valence-corrected chi connectivity index (χ2v) is 8.40. The maximum Gasteiger partial charge on any atom is 0.260 e. The molecule has 160 valence electrons. The summed E-state index contributed by atoms with van der Waals surface area (Å²) in [5.41, 5.74) is 3.64. The van der Waals surface area contributed by atoms with Crippen LogP contribution in [0.5, 0.6) is 0 Å². The second-order valence-electron chi connectivity index (χ2n) is 7.62. The lowest BCUT2D eigenvalue weighted by molar-refractivity contribution is 0.0949. The Kier molecular flexibility index (Phi) is 5.24. The lowest BCUT2D eigenvalue weighted by atomic mass is 10.1. The molecule has 2 amide bonds. The molecule has 0 unspecified atom stereocenters. The number of aromatic nitrogens is 3. The molecule has 0 radical (unpaired) electrons. The number of nitrogens with one attached hydrogen (secondary N) is 3. The Bertz CT molecular complexity index is 1330. The molecule has 5 rings (SSSR count). The zero-order valence-electron chi connectivity index (χ0n) is 17.3. The average molecular weight is 445 g/mol. The van der Waals surface area contributed by atoms with Gasteiger partial charge in [-0.2, -0.15) is 4.37 Å². The summed E-state index contributed by atoms with van der Waals surface area (Å²) in [4.78, 5) is 34.3. The standard InChI is InChI=1S/C23H20N6O2S/c1-13-20(22(31)26-16-6-4-5-14(11-16)21(30)25-15-9-10-15)23(32-29-13)28-19-12-24-17-7-2-3-8-18(17)27-19/h2-8,11-12,15H,9-10H2,1H3,(H,25,30)(H,26,31)(H,27,28). The van der Waals surface area contributed by atoms with E-state index in [1.54, 1.807) is 37.4 Å². The van der Waals surface area contributed by atoms with E-state index in [0.717, 1.165) is 23.9 Å². The fourth-order valence-corrected chi connectivity index (χ4v) is 4.09. The highest BCUT2D eigenvalue weighted by Crippen LogP contribution is 2.29. The Balaban J connectivity index is 1.35. The molecule has 2 aromatic carbocycles. The molecule has 0 bridgehead atoms. The number of carbonyl (C=O) groups is 2. The summed E-state index contributed by atoms with van der Waals surface area (Å²) >= 11 is 1.18. The first kappa shape index (κ1) is 20.1. The quantitative estimate of drug-likeness (QED) is 0.410. The molecule has 0 atom stereocenters. The third kappa shape index (κ3) is 4.28. The van der Waals surface area contributed by atoms with Gasteiger partial charge in [0.25, 0.3) is 11.8 Å². The van der Waals surface area contributed by atoms with Crippen molar-refractivity contribution in [2.75, 3.05) is 10.6 Å². The predicted molar refractivity (Wildman–Crippen MR) is 125 cm³/mol. The molecule has 1 saturated carbocycles. The van der Waals surface area contributed by atoms with Gasteiger partial charge in [0.2, 0.25) is 0 Å². The van der Waals surface area contributed by atoms with Crippen molar-refractivity contribution < 1.29 is 9.59 Å². The van der Waals surface area contributed by atoms with Crippen molar-refractivity contribution in [1.82, 2.24) is 19.7 Å². The van der Waals surface area contributed by atoms with E-state index in [4.69, 9.17) is 0 Å². The monoisotopic (exact) mass is 444 g/mol. The summed E-state index contributed by atoms with van der Waals surface area (Å²) in [6.45, 7) is 1.78. The van der Waals surface area contributed by atoms with Gasteiger partial charge in [0, 0.05) is 17.3 Å². The number of amides is 2. The summed E-state index contributed by atoms with van der Waals surface area (Å²) in [5.74, 6) is 0.0848. The van der Waals surface area contributed by atoms with E-state index in [0.29, 0.717) is 33.3 Å². The van der Waals surface area contributed by atoms with Gasteiger partial charge < -0.3 is 16.0 Å². The highest BCUT2D eigenvalue weighted by atomic mass is 32.1. The van der Waals surface area contributed by atoms with Gasteiger partial charge in [-0.25, -0.2) is 4.98 Å². The third-order valence-corrected chi connectivity index (χ3v) is 5.93. The van der Waals surface area contributed by atoms with Gasteiger partial charge in [0.15, 0.2) is 0 Å². The second kappa shape index (κ2) is 8.35. The molecule has 3 N–H and O–H groups in total. The van der Waals surface area contributed by atoms with E-state index in [9.17, 15) is 9.59 Å². The number of hydrogen-bond acceptors (Lipinski definition) is 7. The lowest BCUT2D eigenvalue weighted by Gasteiger charge is -2.10. The summed E-state index contributed by atoms with van der Waals surface area (Å²) < 4.78 is 4.33. The minimum absolute atomic E-state index is 0.130. The van der Waals surface area contributed by atoms with Crippen LogP contribution >= 0.6 is 11.5 Å². The van der Waals surface area contributed by atoms with Crippen molar-refractivity contribution in [2.45, 2.75) is 25.8 Å². The van der Waals surface area contributed by atoms with Crippen molar-refractivity contribution in [3.63, 3.8) is 0 Å². The van der Waals surface area contributed by atoms with Gasteiger partial charge in [-0.15, -0.1) is 0 Å². The van der Waals surface area contributed by atoms with Crippen LogP contribution in [-0.4, -0.2) is 32.2 Å². The van der Waals surface area contributed by atoms with Crippen molar-refractivity contribution in [3.05, 3.63) is 71.5 Å². The van der Waals surface area contributed by atoms with E-state index in [1.165, 1.54) is 11.5 Å². The SMILES string of the molecule is Cc1nsc(Nc2cnc3ccccc3n2)c1C(=O)Nc1cccc(C(=O)NC2CC2)c1. The van der Waals surface area contributed by atoms with Crippen LogP contribution in [0.15, 0.2) is 54.7 Å². The van der Waals surface area contributed by atoms with E-state index in [1.807, 2.05) is 24.3 Å². The summed E-state index contributed by atoms with van der Waals surface area (Å²) in [5, 5.41) is 9.57. The Morgan fingerprint density at radius 2 is 1.84 bits per heavy atom. The maximum absolute atomic E-state index is 13.1. The molecular formula is C23H20N6O2S. The number of carbonyl (C=O) groups excluding carboxylic acids is 2. The summed E-state index contributed by atoms with van der Waals surface area (Å²) in [6, 6.07) is 14.8. The number of hydrogen-bond donors (Lipinski definition) is 3. The van der Waals surface area contributed by atoms with Gasteiger partial charge in [0.05, 0.1) is 28.5 Å². The minimum Gasteiger partial charge on any atom is -0.349 e. The molecule has 1 aliphatic carbocycles. The average Bonchev–Trinajstić information content (AvgIpc) is 3.54. The van der Waals surface area contributed by atoms with Crippen LogP contribution in [0.3, 0.4) is 0 Å². The number of nitrogens with zero attached hydrogens (tertiary/aromatic N) is 3. The van der Waals surface area contributed by atoms with Crippen LogP contribution < -0.4 is 16.0 Å². The van der Waals surface area contributed by atoms with E-state index in [2.05, 4.69) is 30.3 Å². The van der Waals surface area contributed by atoms with Crippen LogP contribution in [0.4, 0.5) is 16.5 Å². The fraction of sp³-hybridized carbons (Fsp3) is 0.174. The molecule has 0 spiro atoms. The van der Waals surface area contributed by atoms with Gasteiger partial charge in [-0.05, 0) is 61.6 Å². The Morgan fingerprint density at radius 3 is 2.66 bits per heavy atom. The van der Waals surface area contributed by atoms with Gasteiger partial charge in [0.1, 0.15) is 10.8 Å². The first-order valence-corrected chi connectivity index (χ1v) is 11.0. The van der Waals surface area contributed by atoms with Gasteiger partial charge in [-0.3, -0.25) is 14.6 Å². The van der Waals surface area contributed by atoms with Crippen LogP contribution in [0, 0.1) is 6.92 Å². The van der Waals surface area contributed by atoms with Crippen molar-refractivity contribution in [3.8, 4) is 0 Å². The van der Waals surface area contributed by atoms with E-state index < -0.39 is 0 Å². The molecule has 2 heterocycles. The smallest absolute Gasteiger partial charge is 0.260 e. The molecule has 4 aromatic rings. The van der Waals surface area contributed by atoms with Crippen molar-refractivity contribution in [2.24, 2.45) is 0 Å². The maximum atomic E-state index is 13.1. The number of benzene rings is 2. The topological polar surface area (TPSA) is 109 Å². The predicted octanol–water partition coefficient (Wildman–Crippen LogP) is 4.28. The van der Waals surface area contributed by atoms with Gasteiger partial charge >= 0.3 is 0 Å². The molecule has 32 heavy (non-hydrogen) atoms. The molecular weight excluding hydrogens is 424 g/mol. The number of anilines is 3. The molecule has 9 heteroatoms. The Hall–Kier alpha value is -3.85. The first-order chi connectivity index (χ1) is 15.6. The molecule has 0 saturated heterocycles. The van der Waals surface area contributed by atoms with Crippen LogP contribution in [0.1, 0.15) is 39.3 Å². The normalized spacial score (nSPS) is 13.0. The number of rotatable bonds is 6. The van der Waals surface area contributed by atoms with Crippen LogP contribution in [0.2, 0.25) is 0 Å². The summed E-state index contributed by atoms with van der Waals surface area (Å²) in [7, 11) is 0. The molecule has 1 fully saturated rings. The number of aryl methyl sites for hydroxylation is 1. The molecule has 2 aromatic heterocycles. The summed E-state index contributed by atoms with van der Waals surface area (Å²) in [6.07, 6.45) is 3.66. The fourth-order valence-electron chi connectivity index (χ4n) is 3.28. The zero-order chi connectivity index (χ0) is 22.1. The molecule has 8 nitrogen and oxygen atoms in total. The van der Waals surface area contributed by atoms with E-state index in [-0.39, 0.29) is 17.9 Å². The number of fused-ring (bicyclic) bond motifs is 1. The van der Waals surface area contributed by atoms with Gasteiger partial charge in [-0.1, -0.05) is 18.2 Å². The Labute approximate surface area is 188 Å². The Morgan fingerprint density at radius 1 is 1.03 bits per heavy atom. The van der Waals surface area contributed by atoms with Crippen molar-refractivity contribution >= 4 is 50.9 Å². The van der Waals surface area contributed by atoms with Crippen LogP contribution in [-0.2, 0) is 0 Å². The van der Waals surface area contributed by atoms with Crippen LogP contribution in [0.25, 0.3) is 11.0 Å².